The van der Waals surface area contributed by atoms with Crippen LogP contribution in [0, 0.1) is 0 Å². The normalized spacial score (nSPS) is 10.1. The van der Waals surface area contributed by atoms with Gasteiger partial charge in [0.2, 0.25) is 0 Å². The Morgan fingerprint density at radius 3 is 2.18 bits per heavy atom. The fourth-order valence-electron chi connectivity index (χ4n) is 1.97. The number of hydrogen-bond donors (Lipinski definition) is 1. The Hall–Kier alpha value is -2.69. The molecule has 0 saturated carbocycles. The Balaban J connectivity index is 1.85. The lowest BCUT2D eigenvalue weighted by Gasteiger charge is -2.14. The number of benzene rings is 2. The summed E-state index contributed by atoms with van der Waals surface area (Å²) < 4.78 is 10.8. The van der Waals surface area contributed by atoms with E-state index < -0.39 is 6.03 Å². The van der Waals surface area contributed by atoms with Gasteiger partial charge in [-0.15, -0.1) is 0 Å². The molecule has 0 atom stereocenters. The quantitative estimate of drug-likeness (QED) is 0.892. The van der Waals surface area contributed by atoms with Gasteiger partial charge in [0.1, 0.15) is 11.5 Å². The van der Waals surface area contributed by atoms with E-state index in [1.54, 1.807) is 26.3 Å². The maximum Gasteiger partial charge on any atom is 0.318 e. The Labute approximate surface area is 130 Å². The van der Waals surface area contributed by atoms with Gasteiger partial charge in [0.15, 0.2) is 0 Å². The van der Waals surface area contributed by atoms with Gasteiger partial charge in [0.25, 0.3) is 0 Å². The number of urea groups is 1. The predicted molar refractivity (Wildman–Crippen MR) is 86.6 cm³/mol. The molecule has 116 valence electrons. The van der Waals surface area contributed by atoms with Crippen LogP contribution in [0.15, 0.2) is 48.5 Å². The fourth-order valence-corrected chi connectivity index (χ4v) is 1.97. The van der Waals surface area contributed by atoms with Gasteiger partial charge in [-0.25, -0.2) is 4.79 Å². The van der Waals surface area contributed by atoms with Crippen LogP contribution < -0.4 is 20.1 Å². The Morgan fingerprint density at radius 1 is 1.05 bits per heavy atom. The molecule has 2 amide bonds. The van der Waals surface area contributed by atoms with Crippen molar-refractivity contribution in [3.63, 3.8) is 0 Å². The van der Waals surface area contributed by atoms with Crippen LogP contribution in [0.5, 0.6) is 11.5 Å². The molecule has 22 heavy (non-hydrogen) atoms. The third-order valence-electron chi connectivity index (χ3n) is 3.37. The van der Waals surface area contributed by atoms with Crippen LogP contribution in [0.4, 0.5) is 10.5 Å². The van der Waals surface area contributed by atoms with Crippen molar-refractivity contribution in [3.8, 4) is 11.5 Å². The van der Waals surface area contributed by atoms with Crippen molar-refractivity contribution in [1.29, 1.82) is 0 Å². The molecule has 0 radical (unpaired) electrons. The van der Waals surface area contributed by atoms with E-state index in [4.69, 9.17) is 15.2 Å². The number of methoxy groups -OCH3 is 1. The number of anilines is 1. The molecular formula is C17H20N2O3. The highest BCUT2D eigenvalue weighted by atomic mass is 16.5. The van der Waals surface area contributed by atoms with Crippen molar-refractivity contribution in [2.45, 2.75) is 6.42 Å². The van der Waals surface area contributed by atoms with E-state index in [1.165, 1.54) is 10.5 Å². The van der Waals surface area contributed by atoms with Crippen molar-refractivity contribution < 1.29 is 14.3 Å². The molecule has 5 nitrogen and oxygen atoms in total. The second kappa shape index (κ2) is 7.36. The average molecular weight is 300 g/mol. The first-order chi connectivity index (χ1) is 10.6. The third kappa shape index (κ3) is 4.15. The molecule has 0 aliphatic rings. The van der Waals surface area contributed by atoms with Gasteiger partial charge in [0, 0.05) is 19.2 Å². The molecule has 0 aliphatic heterocycles. The highest BCUT2D eigenvalue weighted by Gasteiger charge is 2.05. The van der Waals surface area contributed by atoms with E-state index in [-0.39, 0.29) is 0 Å². The number of ether oxygens (including phenoxy) is 2. The molecule has 0 spiro atoms. The summed E-state index contributed by atoms with van der Waals surface area (Å²) in [5.74, 6) is 1.61. The highest BCUT2D eigenvalue weighted by molar-refractivity contribution is 5.90. The summed E-state index contributed by atoms with van der Waals surface area (Å²) in [6.45, 7) is 0.581. The number of amides is 2. The summed E-state index contributed by atoms with van der Waals surface area (Å²) >= 11 is 0. The van der Waals surface area contributed by atoms with Crippen LogP contribution in [-0.2, 0) is 6.42 Å². The van der Waals surface area contributed by atoms with Crippen LogP contribution in [0.2, 0.25) is 0 Å². The van der Waals surface area contributed by atoms with Gasteiger partial charge in [-0.05, 0) is 42.0 Å². The zero-order valence-corrected chi connectivity index (χ0v) is 12.8. The van der Waals surface area contributed by atoms with Crippen LogP contribution in [0.25, 0.3) is 0 Å². The van der Waals surface area contributed by atoms with Gasteiger partial charge in [0.05, 0.1) is 13.7 Å². The predicted octanol–water partition coefficient (Wildman–Crippen LogP) is 2.83. The maximum atomic E-state index is 11.1. The third-order valence-corrected chi connectivity index (χ3v) is 3.37. The van der Waals surface area contributed by atoms with Gasteiger partial charge in [-0.1, -0.05) is 12.1 Å². The Morgan fingerprint density at radius 2 is 1.64 bits per heavy atom. The molecule has 2 aromatic rings. The summed E-state index contributed by atoms with van der Waals surface area (Å²) in [6, 6.07) is 14.7. The summed E-state index contributed by atoms with van der Waals surface area (Å²) in [7, 11) is 3.28. The molecule has 2 N–H and O–H groups in total. The van der Waals surface area contributed by atoms with Crippen molar-refractivity contribution >= 4 is 11.7 Å². The first kappa shape index (κ1) is 15.7. The topological polar surface area (TPSA) is 64.8 Å². The lowest BCUT2D eigenvalue weighted by molar-refractivity contribution is 0.255. The molecule has 0 aliphatic carbocycles. The zero-order chi connectivity index (χ0) is 15.9. The number of primary amides is 1. The number of nitrogens with zero attached hydrogens (tertiary/aromatic N) is 1. The largest absolute Gasteiger partial charge is 0.497 e. The Bertz CT molecular complexity index is 609. The van der Waals surface area contributed by atoms with Crippen molar-refractivity contribution in [2.75, 3.05) is 25.7 Å². The summed E-state index contributed by atoms with van der Waals surface area (Å²) in [5.41, 5.74) is 7.14. The highest BCUT2D eigenvalue weighted by Crippen LogP contribution is 2.19. The first-order valence-electron chi connectivity index (χ1n) is 6.99. The van der Waals surface area contributed by atoms with Gasteiger partial charge < -0.3 is 15.2 Å². The minimum absolute atomic E-state index is 0.492. The van der Waals surface area contributed by atoms with Gasteiger partial charge in [-0.2, -0.15) is 0 Å². The minimum Gasteiger partial charge on any atom is -0.497 e. The van der Waals surface area contributed by atoms with Gasteiger partial charge in [-0.3, -0.25) is 4.90 Å². The van der Waals surface area contributed by atoms with E-state index in [1.807, 2.05) is 36.4 Å². The van der Waals surface area contributed by atoms with Gasteiger partial charge >= 0.3 is 6.03 Å². The second-order valence-corrected chi connectivity index (χ2v) is 4.84. The smallest absolute Gasteiger partial charge is 0.318 e. The number of hydrogen-bond acceptors (Lipinski definition) is 3. The van der Waals surface area contributed by atoms with E-state index in [0.717, 1.165) is 23.6 Å². The van der Waals surface area contributed by atoms with Crippen LogP contribution >= 0.6 is 0 Å². The molecule has 0 aromatic heterocycles. The van der Waals surface area contributed by atoms with E-state index >= 15 is 0 Å². The standard InChI is InChI=1S/C17H20N2O3/c1-19(17(18)20)14-5-9-16(10-6-14)22-12-11-13-3-7-15(21-2)8-4-13/h3-10H,11-12H2,1-2H3,(H2,18,20). The summed E-state index contributed by atoms with van der Waals surface area (Å²) in [5, 5.41) is 0. The number of nitrogens with two attached hydrogens (primary N) is 1. The molecular weight excluding hydrogens is 280 g/mol. The molecule has 2 rings (SSSR count). The number of carbonyl (C=O) groups is 1. The lowest BCUT2D eigenvalue weighted by Crippen LogP contribution is -2.31. The second-order valence-electron chi connectivity index (χ2n) is 4.84. The molecule has 0 heterocycles. The zero-order valence-electron chi connectivity index (χ0n) is 12.8. The number of rotatable bonds is 6. The first-order valence-corrected chi connectivity index (χ1v) is 6.99. The van der Waals surface area contributed by atoms with Crippen molar-refractivity contribution in [2.24, 2.45) is 5.73 Å². The van der Waals surface area contributed by atoms with E-state index in [0.29, 0.717) is 6.61 Å². The van der Waals surface area contributed by atoms with Crippen molar-refractivity contribution in [3.05, 3.63) is 54.1 Å². The summed E-state index contributed by atoms with van der Waals surface area (Å²) in [4.78, 5) is 12.4. The van der Waals surface area contributed by atoms with E-state index in [9.17, 15) is 4.79 Å². The fraction of sp³-hybridized carbons (Fsp3) is 0.235. The monoisotopic (exact) mass is 300 g/mol. The average Bonchev–Trinajstić information content (AvgIpc) is 2.55. The van der Waals surface area contributed by atoms with Crippen LogP contribution in [-0.4, -0.2) is 26.8 Å². The van der Waals surface area contributed by atoms with E-state index in [2.05, 4.69) is 0 Å². The molecule has 0 saturated heterocycles. The lowest BCUT2D eigenvalue weighted by atomic mass is 10.1. The SMILES string of the molecule is COc1ccc(CCOc2ccc(N(C)C(N)=O)cc2)cc1. The molecule has 5 heteroatoms. The maximum absolute atomic E-state index is 11.1. The molecule has 0 fully saturated rings. The summed E-state index contributed by atoms with van der Waals surface area (Å²) in [6.07, 6.45) is 0.812. The van der Waals surface area contributed by atoms with Crippen LogP contribution in [0.3, 0.4) is 0 Å². The Kier molecular flexibility index (Phi) is 5.25. The molecule has 2 aromatic carbocycles. The number of carbonyl (C=O) groups excluding carboxylic acids is 1. The van der Waals surface area contributed by atoms with Crippen molar-refractivity contribution in [1.82, 2.24) is 0 Å². The van der Waals surface area contributed by atoms with Crippen LogP contribution in [0.1, 0.15) is 5.56 Å². The molecule has 0 unspecified atom stereocenters. The molecule has 0 bridgehead atoms. The minimum atomic E-state index is -0.492.